The van der Waals surface area contributed by atoms with Crippen molar-refractivity contribution < 1.29 is 9.53 Å². The normalized spacial score (nSPS) is 11.5. The summed E-state index contributed by atoms with van der Waals surface area (Å²) in [6.45, 7) is 0. The third-order valence-electron chi connectivity index (χ3n) is 0.909. The SMILES string of the molecule is COC(=O)/C(C#N)=C(\S)SC. The van der Waals surface area contributed by atoms with Crippen molar-refractivity contribution in [3.63, 3.8) is 0 Å². The lowest BCUT2D eigenvalue weighted by molar-refractivity contribution is -0.135. The molecule has 0 aliphatic rings. The lowest BCUT2D eigenvalue weighted by Gasteiger charge is -1.98. The monoisotopic (exact) mass is 189 g/mol. The van der Waals surface area contributed by atoms with Gasteiger partial charge in [0.05, 0.1) is 11.3 Å². The van der Waals surface area contributed by atoms with Gasteiger partial charge in [-0.05, 0) is 6.26 Å². The molecule has 0 atom stereocenters. The van der Waals surface area contributed by atoms with Crippen LogP contribution >= 0.6 is 24.4 Å². The highest BCUT2D eigenvalue weighted by Gasteiger charge is 2.12. The molecule has 0 heterocycles. The molecule has 60 valence electrons. The molecule has 0 rings (SSSR count). The Morgan fingerprint density at radius 2 is 2.27 bits per heavy atom. The first kappa shape index (κ1) is 10.4. The standard InChI is InChI=1S/C6H7NO2S2/c1-9-5(8)4(3-7)6(10)11-2/h10H,1-2H3/b6-4+. The number of thiol groups is 1. The molecule has 0 amide bonds. The second kappa shape index (κ2) is 5.10. The number of nitriles is 1. The van der Waals surface area contributed by atoms with E-state index < -0.39 is 5.97 Å². The Morgan fingerprint density at radius 3 is 2.55 bits per heavy atom. The third kappa shape index (κ3) is 2.87. The predicted octanol–water partition coefficient (Wildman–Crippen LogP) is 1.19. The van der Waals surface area contributed by atoms with Gasteiger partial charge in [0.15, 0.2) is 5.57 Å². The number of rotatable bonds is 2. The van der Waals surface area contributed by atoms with E-state index in [1.807, 2.05) is 0 Å². The van der Waals surface area contributed by atoms with E-state index >= 15 is 0 Å². The summed E-state index contributed by atoms with van der Waals surface area (Å²) in [5.41, 5.74) is -0.0525. The van der Waals surface area contributed by atoms with Gasteiger partial charge in [-0.3, -0.25) is 0 Å². The lowest BCUT2D eigenvalue weighted by atomic mass is 10.3. The van der Waals surface area contributed by atoms with Crippen LogP contribution in [0.1, 0.15) is 0 Å². The van der Waals surface area contributed by atoms with Crippen LogP contribution in [0.3, 0.4) is 0 Å². The smallest absolute Gasteiger partial charge is 0.350 e. The Morgan fingerprint density at radius 1 is 1.73 bits per heavy atom. The Balaban J connectivity index is 4.69. The predicted molar refractivity (Wildman–Crippen MR) is 47.2 cm³/mol. The largest absolute Gasteiger partial charge is 0.465 e. The molecule has 0 aromatic rings. The molecular formula is C6H7NO2S2. The Bertz CT molecular complexity index is 229. The minimum absolute atomic E-state index is 0.0525. The van der Waals surface area contributed by atoms with Crippen molar-refractivity contribution in [2.75, 3.05) is 13.4 Å². The third-order valence-corrected chi connectivity index (χ3v) is 2.27. The number of methoxy groups -OCH3 is 1. The highest BCUT2D eigenvalue weighted by atomic mass is 32.2. The lowest BCUT2D eigenvalue weighted by Crippen LogP contribution is -2.03. The van der Waals surface area contributed by atoms with Gasteiger partial charge in [-0.2, -0.15) is 5.26 Å². The van der Waals surface area contributed by atoms with Crippen LogP contribution in [0.25, 0.3) is 0 Å². The van der Waals surface area contributed by atoms with Gasteiger partial charge in [-0.25, -0.2) is 4.79 Å². The van der Waals surface area contributed by atoms with Crippen LogP contribution in [-0.4, -0.2) is 19.3 Å². The minimum atomic E-state index is -0.646. The number of carbonyl (C=O) groups excluding carboxylic acids is 1. The van der Waals surface area contributed by atoms with Crippen molar-refractivity contribution in [1.82, 2.24) is 0 Å². The highest BCUT2D eigenvalue weighted by Crippen LogP contribution is 2.20. The van der Waals surface area contributed by atoms with E-state index in [2.05, 4.69) is 17.4 Å². The summed E-state index contributed by atoms with van der Waals surface area (Å²) in [7, 11) is 1.22. The number of hydrogen-bond donors (Lipinski definition) is 1. The number of nitrogens with zero attached hydrogens (tertiary/aromatic N) is 1. The second-order valence-corrected chi connectivity index (χ2v) is 3.05. The number of ether oxygens (including phenoxy) is 1. The van der Waals surface area contributed by atoms with E-state index in [9.17, 15) is 4.79 Å². The summed E-state index contributed by atoms with van der Waals surface area (Å²) in [5, 5.41) is 8.46. The van der Waals surface area contributed by atoms with Crippen LogP contribution in [0.5, 0.6) is 0 Å². The van der Waals surface area contributed by atoms with Gasteiger partial charge in [0.25, 0.3) is 0 Å². The maximum Gasteiger partial charge on any atom is 0.350 e. The zero-order valence-corrected chi connectivity index (χ0v) is 7.83. The molecule has 0 N–H and O–H groups in total. The average Bonchev–Trinajstić information content (AvgIpc) is 2.05. The summed E-state index contributed by atoms with van der Waals surface area (Å²) < 4.78 is 4.72. The summed E-state index contributed by atoms with van der Waals surface area (Å²) in [6.07, 6.45) is 1.72. The molecule has 0 fully saturated rings. The van der Waals surface area contributed by atoms with Gasteiger partial charge in [-0.15, -0.1) is 24.4 Å². The van der Waals surface area contributed by atoms with E-state index in [4.69, 9.17) is 5.26 Å². The molecule has 0 bridgehead atoms. The quantitative estimate of drug-likeness (QED) is 0.307. The van der Waals surface area contributed by atoms with E-state index in [0.29, 0.717) is 4.24 Å². The van der Waals surface area contributed by atoms with E-state index in [-0.39, 0.29) is 5.57 Å². The number of thioether (sulfide) groups is 1. The van der Waals surface area contributed by atoms with Gasteiger partial charge in [0.2, 0.25) is 0 Å². The van der Waals surface area contributed by atoms with Gasteiger partial charge in [0.1, 0.15) is 6.07 Å². The molecule has 0 saturated heterocycles. The van der Waals surface area contributed by atoms with Crippen molar-refractivity contribution in [1.29, 1.82) is 5.26 Å². The topological polar surface area (TPSA) is 50.1 Å². The van der Waals surface area contributed by atoms with Crippen molar-refractivity contribution in [3.8, 4) is 6.07 Å². The van der Waals surface area contributed by atoms with Crippen LogP contribution in [0.15, 0.2) is 9.81 Å². The van der Waals surface area contributed by atoms with Gasteiger partial charge < -0.3 is 4.74 Å². The van der Waals surface area contributed by atoms with E-state index in [1.54, 1.807) is 12.3 Å². The van der Waals surface area contributed by atoms with Crippen LogP contribution in [0.4, 0.5) is 0 Å². The van der Waals surface area contributed by atoms with Crippen molar-refractivity contribution in [2.45, 2.75) is 0 Å². The molecule has 0 aromatic carbocycles. The molecule has 0 aromatic heterocycles. The van der Waals surface area contributed by atoms with Crippen molar-refractivity contribution >= 4 is 30.4 Å². The number of hydrogen-bond acceptors (Lipinski definition) is 5. The molecule has 3 nitrogen and oxygen atoms in total. The first-order valence-electron chi connectivity index (χ1n) is 2.63. The van der Waals surface area contributed by atoms with Crippen LogP contribution in [0, 0.1) is 11.3 Å². The highest BCUT2D eigenvalue weighted by molar-refractivity contribution is 8.15. The molecule has 0 aliphatic carbocycles. The van der Waals surface area contributed by atoms with Gasteiger partial charge in [-0.1, -0.05) is 0 Å². The fourth-order valence-electron chi connectivity index (χ4n) is 0.385. The molecule has 0 unspecified atom stereocenters. The molecule has 0 aliphatic heterocycles. The maximum absolute atomic E-state index is 10.8. The second-order valence-electron chi connectivity index (χ2n) is 1.49. The number of esters is 1. The Hall–Kier alpha value is -0.600. The molecule has 0 radical (unpaired) electrons. The van der Waals surface area contributed by atoms with E-state index in [1.165, 1.54) is 18.9 Å². The fraction of sp³-hybridized carbons (Fsp3) is 0.333. The first-order valence-corrected chi connectivity index (χ1v) is 4.30. The minimum Gasteiger partial charge on any atom is -0.465 e. The van der Waals surface area contributed by atoms with Crippen LogP contribution in [0.2, 0.25) is 0 Å². The molecule has 0 saturated carbocycles. The summed E-state index contributed by atoms with van der Waals surface area (Å²) in [4.78, 5) is 10.8. The first-order chi connectivity index (χ1) is 5.17. The fourth-order valence-corrected chi connectivity index (χ4v) is 0.859. The van der Waals surface area contributed by atoms with Crippen molar-refractivity contribution in [3.05, 3.63) is 9.81 Å². The molecule has 11 heavy (non-hydrogen) atoms. The maximum atomic E-state index is 10.8. The van der Waals surface area contributed by atoms with Crippen LogP contribution in [-0.2, 0) is 9.53 Å². The summed E-state index contributed by atoms with van der Waals surface area (Å²) in [5.74, 6) is -0.646. The molecule has 0 spiro atoms. The summed E-state index contributed by atoms with van der Waals surface area (Å²) in [6, 6.07) is 1.71. The van der Waals surface area contributed by atoms with Crippen LogP contribution < -0.4 is 0 Å². The van der Waals surface area contributed by atoms with Gasteiger partial charge in [0, 0.05) is 0 Å². The molecular weight excluding hydrogens is 182 g/mol. The summed E-state index contributed by atoms with van der Waals surface area (Å²) >= 11 is 5.14. The zero-order valence-electron chi connectivity index (χ0n) is 6.12. The Labute approximate surface area is 74.8 Å². The Kier molecular flexibility index (Phi) is 4.83. The van der Waals surface area contributed by atoms with E-state index in [0.717, 1.165) is 0 Å². The zero-order chi connectivity index (χ0) is 8.85. The van der Waals surface area contributed by atoms with Gasteiger partial charge >= 0.3 is 5.97 Å². The average molecular weight is 189 g/mol. The molecule has 5 heteroatoms. The van der Waals surface area contributed by atoms with Crippen molar-refractivity contribution in [2.24, 2.45) is 0 Å². The number of carbonyl (C=O) groups is 1.